The molecule has 2 aromatic rings. The van der Waals surface area contributed by atoms with Gasteiger partial charge in [-0.2, -0.15) is 0 Å². The molecular weight excluding hydrogens is 246 g/mol. The van der Waals surface area contributed by atoms with Gasteiger partial charge in [-0.05, 0) is 24.3 Å². The highest BCUT2D eigenvalue weighted by atomic mass is 16.5. The number of hydrogen-bond acceptors (Lipinski definition) is 4. The van der Waals surface area contributed by atoms with E-state index in [4.69, 9.17) is 9.15 Å². The minimum atomic E-state index is -0.257. The molecule has 2 rings (SSSR count). The molecule has 5 nitrogen and oxygen atoms in total. The monoisotopic (exact) mass is 259 g/mol. The van der Waals surface area contributed by atoms with E-state index in [2.05, 4.69) is 5.32 Å². The molecule has 1 N–H and O–H groups in total. The fraction of sp³-hybridized carbons (Fsp3) is 0.143. The Morgan fingerprint density at radius 2 is 2.21 bits per heavy atom. The maximum absolute atomic E-state index is 11.5. The molecule has 0 bridgehead atoms. The Morgan fingerprint density at radius 3 is 2.95 bits per heavy atom. The van der Waals surface area contributed by atoms with Crippen LogP contribution < -0.4 is 10.1 Å². The van der Waals surface area contributed by atoms with Crippen molar-refractivity contribution in [2.24, 2.45) is 0 Å². The van der Waals surface area contributed by atoms with Gasteiger partial charge < -0.3 is 14.5 Å². The quantitative estimate of drug-likeness (QED) is 0.803. The minimum Gasteiger partial charge on any atom is -0.484 e. The minimum absolute atomic E-state index is 0.108. The molecule has 0 saturated carbocycles. The normalized spacial score (nSPS) is 9.89. The Bertz CT molecular complexity index is 548. The van der Waals surface area contributed by atoms with E-state index in [1.54, 1.807) is 42.7 Å². The topological polar surface area (TPSA) is 68.5 Å². The zero-order valence-electron chi connectivity index (χ0n) is 10.2. The first-order valence-electron chi connectivity index (χ1n) is 5.75. The second kappa shape index (κ2) is 6.39. The number of amides is 1. The fourth-order valence-corrected chi connectivity index (χ4v) is 1.48. The van der Waals surface area contributed by atoms with Crippen molar-refractivity contribution in [3.63, 3.8) is 0 Å². The van der Waals surface area contributed by atoms with Crippen molar-refractivity contribution in [1.29, 1.82) is 0 Å². The van der Waals surface area contributed by atoms with Gasteiger partial charge in [0.05, 0.1) is 12.8 Å². The fourth-order valence-electron chi connectivity index (χ4n) is 1.48. The van der Waals surface area contributed by atoms with Gasteiger partial charge in [0.15, 0.2) is 6.61 Å². The van der Waals surface area contributed by atoms with Gasteiger partial charge in [0.1, 0.15) is 17.8 Å². The molecule has 0 aliphatic carbocycles. The third kappa shape index (κ3) is 3.99. The van der Waals surface area contributed by atoms with Crippen LogP contribution in [0.5, 0.6) is 5.75 Å². The molecule has 1 aromatic carbocycles. The van der Waals surface area contributed by atoms with Crippen LogP contribution in [0.15, 0.2) is 47.1 Å². The van der Waals surface area contributed by atoms with E-state index in [-0.39, 0.29) is 12.5 Å². The van der Waals surface area contributed by atoms with Crippen molar-refractivity contribution in [2.45, 2.75) is 6.54 Å². The van der Waals surface area contributed by atoms with Crippen LogP contribution >= 0.6 is 0 Å². The number of rotatable bonds is 6. The van der Waals surface area contributed by atoms with E-state index in [0.29, 0.717) is 23.6 Å². The van der Waals surface area contributed by atoms with Crippen molar-refractivity contribution < 1.29 is 18.7 Å². The number of nitrogens with one attached hydrogen (secondary N) is 1. The summed E-state index contributed by atoms with van der Waals surface area (Å²) in [6.45, 7) is 0.215. The molecule has 1 aromatic heterocycles. The van der Waals surface area contributed by atoms with Gasteiger partial charge >= 0.3 is 0 Å². The summed E-state index contributed by atoms with van der Waals surface area (Å²) >= 11 is 0. The van der Waals surface area contributed by atoms with E-state index >= 15 is 0 Å². The lowest BCUT2D eigenvalue weighted by molar-refractivity contribution is -0.123. The molecule has 1 heterocycles. The maximum Gasteiger partial charge on any atom is 0.258 e. The van der Waals surface area contributed by atoms with E-state index in [0.717, 1.165) is 6.29 Å². The van der Waals surface area contributed by atoms with Crippen molar-refractivity contribution in [3.05, 3.63) is 54.0 Å². The Kier molecular flexibility index (Phi) is 4.34. The van der Waals surface area contributed by atoms with Crippen LogP contribution in [0.1, 0.15) is 16.1 Å². The molecule has 0 spiro atoms. The van der Waals surface area contributed by atoms with Crippen molar-refractivity contribution in [2.75, 3.05) is 6.61 Å². The molecule has 0 aliphatic rings. The molecule has 19 heavy (non-hydrogen) atoms. The highest BCUT2D eigenvalue weighted by molar-refractivity contribution is 5.78. The van der Waals surface area contributed by atoms with Crippen LogP contribution in [0.25, 0.3) is 0 Å². The zero-order chi connectivity index (χ0) is 13.5. The van der Waals surface area contributed by atoms with Gasteiger partial charge in [-0.3, -0.25) is 9.59 Å². The first kappa shape index (κ1) is 12.9. The molecule has 0 radical (unpaired) electrons. The number of aldehydes is 1. The molecule has 0 atom stereocenters. The summed E-state index contributed by atoms with van der Waals surface area (Å²) in [5.41, 5.74) is 0.508. The molecule has 5 heteroatoms. The van der Waals surface area contributed by atoms with Crippen LogP contribution in [0.2, 0.25) is 0 Å². The second-order valence-electron chi connectivity index (χ2n) is 3.84. The predicted molar refractivity (Wildman–Crippen MR) is 67.9 cm³/mol. The Balaban J connectivity index is 1.78. The van der Waals surface area contributed by atoms with Crippen LogP contribution in [0.4, 0.5) is 0 Å². The van der Waals surface area contributed by atoms with Gasteiger partial charge in [-0.15, -0.1) is 0 Å². The zero-order valence-corrected chi connectivity index (χ0v) is 10.2. The smallest absolute Gasteiger partial charge is 0.258 e. The molecule has 0 saturated heterocycles. The SMILES string of the molecule is O=Cc1cccc(OCC(=O)NCc2ccco2)c1. The third-order valence-corrected chi connectivity index (χ3v) is 2.40. The molecule has 98 valence electrons. The summed E-state index contributed by atoms with van der Waals surface area (Å²) < 4.78 is 10.4. The van der Waals surface area contributed by atoms with Crippen LogP contribution in [0.3, 0.4) is 0 Å². The second-order valence-corrected chi connectivity index (χ2v) is 3.84. The van der Waals surface area contributed by atoms with E-state index in [1.807, 2.05) is 0 Å². The first-order valence-corrected chi connectivity index (χ1v) is 5.75. The van der Waals surface area contributed by atoms with Crippen molar-refractivity contribution in [3.8, 4) is 5.75 Å². The molecular formula is C14H13NO4. The number of carbonyl (C=O) groups excluding carboxylic acids is 2. The van der Waals surface area contributed by atoms with Gasteiger partial charge in [0, 0.05) is 5.56 Å². The summed E-state index contributed by atoms with van der Waals surface area (Å²) in [6.07, 6.45) is 2.27. The summed E-state index contributed by atoms with van der Waals surface area (Å²) in [5, 5.41) is 2.66. The average molecular weight is 259 g/mol. The summed E-state index contributed by atoms with van der Waals surface area (Å²) in [5.74, 6) is 0.905. The highest BCUT2D eigenvalue weighted by Crippen LogP contribution is 2.11. The lowest BCUT2D eigenvalue weighted by atomic mass is 10.2. The van der Waals surface area contributed by atoms with Gasteiger partial charge in [0.2, 0.25) is 0 Å². The van der Waals surface area contributed by atoms with E-state index < -0.39 is 0 Å². The van der Waals surface area contributed by atoms with Crippen molar-refractivity contribution in [1.82, 2.24) is 5.32 Å². The van der Waals surface area contributed by atoms with E-state index in [9.17, 15) is 9.59 Å². The molecule has 0 aliphatic heterocycles. The van der Waals surface area contributed by atoms with E-state index in [1.165, 1.54) is 0 Å². The lowest BCUT2D eigenvalue weighted by Gasteiger charge is -2.06. The molecule has 0 unspecified atom stereocenters. The van der Waals surface area contributed by atoms with Gasteiger partial charge in [0.25, 0.3) is 5.91 Å². The number of benzene rings is 1. The number of ether oxygens (including phenoxy) is 1. The average Bonchev–Trinajstić information content (AvgIpc) is 2.96. The van der Waals surface area contributed by atoms with Crippen LogP contribution in [0, 0.1) is 0 Å². The van der Waals surface area contributed by atoms with Gasteiger partial charge in [-0.1, -0.05) is 12.1 Å². The lowest BCUT2D eigenvalue weighted by Crippen LogP contribution is -2.28. The third-order valence-electron chi connectivity index (χ3n) is 2.40. The predicted octanol–water partition coefficient (Wildman–Crippen LogP) is 1.79. The number of furan rings is 1. The maximum atomic E-state index is 11.5. The standard InChI is InChI=1S/C14H13NO4/c16-9-11-3-1-4-12(7-11)19-10-14(17)15-8-13-5-2-6-18-13/h1-7,9H,8,10H2,(H,15,17). The summed E-state index contributed by atoms with van der Waals surface area (Å²) in [7, 11) is 0. The summed E-state index contributed by atoms with van der Waals surface area (Å²) in [4.78, 5) is 22.1. The Labute approximate surface area is 110 Å². The Hall–Kier alpha value is -2.56. The molecule has 0 fully saturated rings. The highest BCUT2D eigenvalue weighted by Gasteiger charge is 2.04. The number of carbonyl (C=O) groups is 2. The largest absolute Gasteiger partial charge is 0.484 e. The Morgan fingerprint density at radius 1 is 1.32 bits per heavy atom. The first-order chi connectivity index (χ1) is 9.28. The summed E-state index contributed by atoms with van der Waals surface area (Å²) in [6, 6.07) is 10.1. The molecule has 1 amide bonds. The van der Waals surface area contributed by atoms with Crippen molar-refractivity contribution >= 4 is 12.2 Å². The van der Waals surface area contributed by atoms with Crippen LogP contribution in [-0.2, 0) is 11.3 Å². The van der Waals surface area contributed by atoms with Gasteiger partial charge in [-0.25, -0.2) is 0 Å². The van der Waals surface area contributed by atoms with Crippen LogP contribution in [-0.4, -0.2) is 18.8 Å². The number of hydrogen-bond donors (Lipinski definition) is 1.